The molecule has 4 rings (SSSR count). The highest BCUT2D eigenvalue weighted by molar-refractivity contribution is 5.65. The number of imidazole rings is 1. The zero-order valence-electron chi connectivity index (χ0n) is 18.4. The lowest BCUT2D eigenvalue weighted by atomic mass is 9.99. The van der Waals surface area contributed by atoms with E-state index in [-0.39, 0.29) is 24.4 Å². The quantitative estimate of drug-likeness (QED) is 0.493. The molecule has 1 unspecified atom stereocenters. The summed E-state index contributed by atoms with van der Waals surface area (Å²) in [5.74, 6) is -0.264. The second-order valence-corrected chi connectivity index (χ2v) is 8.93. The maximum atomic E-state index is 12.8. The Balaban J connectivity index is 1.32. The Morgan fingerprint density at radius 3 is 2.50 bits per heavy atom. The van der Waals surface area contributed by atoms with Crippen molar-refractivity contribution < 1.29 is 32.7 Å². The molecule has 0 saturated carbocycles. The minimum absolute atomic E-state index is 0.0128. The number of hydrogen-bond acceptors (Lipinski definition) is 6. The van der Waals surface area contributed by atoms with Gasteiger partial charge in [-0.2, -0.15) is 13.2 Å². The SMILES string of the molecule is CC1(CN2CCC(N(Cc3ccc(C(F)(F)F)cc3)C(=O)O)CC2)Cn2cc([N+](=O)[O-])nc2O1. The predicted molar refractivity (Wildman–Crippen MR) is 112 cm³/mol. The Morgan fingerprint density at radius 1 is 1.32 bits per heavy atom. The van der Waals surface area contributed by atoms with E-state index in [2.05, 4.69) is 9.88 Å². The van der Waals surface area contributed by atoms with Crippen LogP contribution in [0.4, 0.5) is 23.8 Å². The lowest BCUT2D eigenvalue weighted by molar-refractivity contribution is -0.389. The van der Waals surface area contributed by atoms with Gasteiger partial charge in [-0.1, -0.05) is 12.1 Å². The molecule has 10 nitrogen and oxygen atoms in total. The molecule has 1 fully saturated rings. The highest BCUT2D eigenvalue weighted by Gasteiger charge is 2.42. The molecule has 3 heterocycles. The number of piperidine rings is 1. The number of alkyl halides is 3. The molecular weight excluding hydrogens is 459 g/mol. The van der Waals surface area contributed by atoms with Crippen molar-refractivity contribution in [1.29, 1.82) is 0 Å². The summed E-state index contributed by atoms with van der Waals surface area (Å²) in [6, 6.07) is 4.48. The number of aromatic nitrogens is 2. The molecule has 0 radical (unpaired) electrons. The number of benzene rings is 1. The number of ether oxygens (including phenoxy) is 1. The minimum atomic E-state index is -4.44. The third kappa shape index (κ3) is 5.08. The second kappa shape index (κ2) is 8.78. The van der Waals surface area contributed by atoms with Crippen LogP contribution >= 0.6 is 0 Å². The standard InChI is InChI=1S/C21H24F3N5O5/c1-20(13-27-11-17(29(32)33)25-18(27)34-20)12-26-8-6-16(7-9-26)28(19(30)31)10-14-2-4-15(5-3-14)21(22,23)24/h2-5,11,16H,6-10,12-13H2,1H3,(H,30,31). The molecule has 2 aromatic rings. The van der Waals surface area contributed by atoms with Crippen LogP contribution in [0.25, 0.3) is 0 Å². The molecule has 0 bridgehead atoms. The highest BCUT2D eigenvalue weighted by Crippen LogP contribution is 2.33. The zero-order valence-corrected chi connectivity index (χ0v) is 18.4. The van der Waals surface area contributed by atoms with Gasteiger partial charge in [-0.25, -0.2) is 4.79 Å². The van der Waals surface area contributed by atoms with Gasteiger partial charge in [0.1, 0.15) is 11.8 Å². The monoisotopic (exact) mass is 483 g/mol. The molecule has 2 aliphatic heterocycles. The fourth-order valence-corrected chi connectivity index (χ4v) is 4.57. The van der Waals surface area contributed by atoms with E-state index >= 15 is 0 Å². The Morgan fingerprint density at radius 2 is 1.97 bits per heavy atom. The van der Waals surface area contributed by atoms with Crippen LogP contribution in [0, 0.1) is 10.1 Å². The smallest absolute Gasteiger partial charge is 0.416 e. The van der Waals surface area contributed by atoms with Gasteiger partial charge in [0.05, 0.1) is 12.1 Å². The average molecular weight is 483 g/mol. The van der Waals surface area contributed by atoms with Crippen LogP contribution < -0.4 is 4.74 Å². The first-order valence-corrected chi connectivity index (χ1v) is 10.7. The summed E-state index contributed by atoms with van der Waals surface area (Å²) >= 11 is 0. The van der Waals surface area contributed by atoms with Crippen molar-refractivity contribution in [3.05, 3.63) is 51.7 Å². The summed E-state index contributed by atoms with van der Waals surface area (Å²) in [7, 11) is 0. The lowest BCUT2D eigenvalue weighted by Gasteiger charge is -2.39. The number of carbonyl (C=O) groups is 1. The largest absolute Gasteiger partial charge is 0.465 e. The molecule has 0 aliphatic carbocycles. The topological polar surface area (TPSA) is 114 Å². The molecule has 1 atom stereocenters. The van der Waals surface area contributed by atoms with Gasteiger partial charge in [0.15, 0.2) is 0 Å². The van der Waals surface area contributed by atoms with Crippen LogP contribution in [0.15, 0.2) is 30.5 Å². The molecule has 1 aromatic heterocycles. The summed E-state index contributed by atoms with van der Waals surface area (Å²) in [6.07, 6.45) is -3.07. The van der Waals surface area contributed by atoms with E-state index in [1.54, 1.807) is 4.57 Å². The van der Waals surface area contributed by atoms with Crippen LogP contribution in [-0.4, -0.2) is 66.8 Å². The van der Waals surface area contributed by atoms with E-state index in [0.29, 0.717) is 44.6 Å². The summed E-state index contributed by atoms with van der Waals surface area (Å²) < 4.78 is 45.8. The highest BCUT2D eigenvalue weighted by atomic mass is 19.4. The van der Waals surface area contributed by atoms with Crippen molar-refractivity contribution in [3.63, 3.8) is 0 Å². The molecule has 13 heteroatoms. The fraction of sp³-hybridized carbons (Fsp3) is 0.524. The Kier molecular flexibility index (Phi) is 6.14. The number of hydrogen-bond donors (Lipinski definition) is 1. The van der Waals surface area contributed by atoms with E-state index in [1.165, 1.54) is 23.2 Å². The molecule has 0 spiro atoms. The van der Waals surface area contributed by atoms with Gasteiger partial charge in [0.25, 0.3) is 0 Å². The maximum Gasteiger partial charge on any atom is 0.416 e. The molecular formula is C21H24F3N5O5. The number of nitrogens with zero attached hydrogens (tertiary/aromatic N) is 5. The second-order valence-electron chi connectivity index (χ2n) is 8.93. The summed E-state index contributed by atoms with van der Waals surface area (Å²) in [4.78, 5) is 29.5. The Hall–Kier alpha value is -3.35. The Labute approximate surface area is 192 Å². The Bertz CT molecular complexity index is 1040. The van der Waals surface area contributed by atoms with Crippen LogP contribution in [0.1, 0.15) is 30.9 Å². The number of nitro groups is 1. The number of amides is 1. The van der Waals surface area contributed by atoms with Gasteiger partial charge in [-0.3, -0.25) is 9.47 Å². The van der Waals surface area contributed by atoms with Gasteiger partial charge < -0.3 is 24.9 Å². The van der Waals surface area contributed by atoms with Crippen molar-refractivity contribution >= 4 is 11.9 Å². The molecule has 1 saturated heterocycles. The van der Waals surface area contributed by atoms with Gasteiger partial charge in [0.2, 0.25) is 0 Å². The van der Waals surface area contributed by atoms with Crippen LogP contribution in [-0.2, 0) is 19.3 Å². The van der Waals surface area contributed by atoms with Gasteiger partial charge >= 0.3 is 24.1 Å². The van der Waals surface area contributed by atoms with Gasteiger partial charge in [0, 0.05) is 37.2 Å². The van der Waals surface area contributed by atoms with Crippen LogP contribution in [0.3, 0.4) is 0 Å². The van der Waals surface area contributed by atoms with Crippen LogP contribution in [0.2, 0.25) is 0 Å². The normalized spacial score (nSPS) is 21.2. The number of carboxylic acid groups (broad SMARTS) is 1. The first-order valence-electron chi connectivity index (χ1n) is 10.7. The summed E-state index contributed by atoms with van der Waals surface area (Å²) in [6.45, 7) is 4.10. The fourth-order valence-electron chi connectivity index (χ4n) is 4.57. The lowest BCUT2D eigenvalue weighted by Crippen LogP contribution is -2.51. The molecule has 2 aliphatic rings. The molecule has 1 amide bonds. The van der Waals surface area contributed by atoms with Gasteiger partial charge in [-0.05, 0) is 42.4 Å². The third-order valence-electron chi connectivity index (χ3n) is 6.19. The average Bonchev–Trinajstić information content (AvgIpc) is 3.27. The van der Waals surface area contributed by atoms with Crippen molar-refractivity contribution in [2.45, 2.75) is 50.7 Å². The molecule has 1 N–H and O–H groups in total. The number of fused-ring (bicyclic) bond motifs is 1. The minimum Gasteiger partial charge on any atom is -0.465 e. The first kappa shape index (κ1) is 23.8. The van der Waals surface area contributed by atoms with E-state index in [0.717, 1.165) is 12.1 Å². The predicted octanol–water partition coefficient (Wildman–Crippen LogP) is 3.61. The molecule has 1 aromatic carbocycles. The summed E-state index contributed by atoms with van der Waals surface area (Å²) in [5.41, 5.74) is -0.893. The molecule has 34 heavy (non-hydrogen) atoms. The van der Waals surface area contributed by atoms with E-state index < -0.39 is 28.4 Å². The van der Waals surface area contributed by atoms with Crippen LogP contribution in [0.5, 0.6) is 6.01 Å². The zero-order chi connectivity index (χ0) is 24.7. The first-order chi connectivity index (χ1) is 15.9. The van der Waals surface area contributed by atoms with Crippen molar-refractivity contribution in [3.8, 4) is 6.01 Å². The molecule has 184 valence electrons. The summed E-state index contributed by atoms with van der Waals surface area (Å²) in [5, 5.41) is 20.6. The van der Waals surface area contributed by atoms with E-state index in [4.69, 9.17) is 4.74 Å². The number of halogens is 3. The van der Waals surface area contributed by atoms with Crippen molar-refractivity contribution in [2.24, 2.45) is 0 Å². The van der Waals surface area contributed by atoms with Crippen molar-refractivity contribution in [2.75, 3.05) is 19.6 Å². The third-order valence-corrected chi connectivity index (χ3v) is 6.19. The van der Waals surface area contributed by atoms with E-state index in [1.807, 2.05) is 6.92 Å². The maximum absolute atomic E-state index is 12.8. The number of likely N-dealkylation sites (tertiary alicyclic amines) is 1. The van der Waals surface area contributed by atoms with Crippen molar-refractivity contribution in [1.82, 2.24) is 19.4 Å². The van der Waals surface area contributed by atoms with Gasteiger partial charge in [-0.15, -0.1) is 0 Å². The van der Waals surface area contributed by atoms with E-state index in [9.17, 15) is 33.2 Å². The number of rotatable bonds is 6.